The van der Waals surface area contributed by atoms with Crippen molar-refractivity contribution >= 4 is 29.3 Å². The molecule has 1 aliphatic rings. The van der Waals surface area contributed by atoms with Gasteiger partial charge in [-0.15, -0.1) is 12.4 Å². The van der Waals surface area contributed by atoms with Gasteiger partial charge in [-0.3, -0.25) is 0 Å². The third-order valence-corrected chi connectivity index (χ3v) is 5.38. The zero-order valence-corrected chi connectivity index (χ0v) is 17.1. The number of nitrogens with one attached hydrogen (secondary N) is 1. The molecule has 4 rings (SSSR count). The van der Waals surface area contributed by atoms with Crippen LogP contribution in [0.4, 0.5) is 0 Å². The normalized spacial score (nSPS) is 14.2. The van der Waals surface area contributed by atoms with Gasteiger partial charge in [0, 0.05) is 23.1 Å². The van der Waals surface area contributed by atoms with E-state index in [0.717, 1.165) is 35.1 Å². The summed E-state index contributed by atoms with van der Waals surface area (Å²) in [4.78, 5) is 18.6. The van der Waals surface area contributed by atoms with Crippen molar-refractivity contribution in [2.45, 2.75) is 32.8 Å². The van der Waals surface area contributed by atoms with Crippen LogP contribution >= 0.6 is 12.4 Å². The first-order valence-corrected chi connectivity index (χ1v) is 9.75. The summed E-state index contributed by atoms with van der Waals surface area (Å²) < 4.78 is 5.58. The smallest absolute Gasteiger partial charge is 0.340 e. The van der Waals surface area contributed by atoms with Crippen molar-refractivity contribution in [1.29, 1.82) is 0 Å². The summed E-state index contributed by atoms with van der Waals surface area (Å²) in [6.07, 6.45) is 3.64. The molecule has 4 nitrogen and oxygen atoms in total. The van der Waals surface area contributed by atoms with E-state index >= 15 is 0 Å². The van der Waals surface area contributed by atoms with E-state index in [1.54, 1.807) is 0 Å². The predicted molar refractivity (Wildman–Crippen MR) is 115 cm³/mol. The molecule has 0 saturated carbocycles. The van der Waals surface area contributed by atoms with Crippen LogP contribution in [0.2, 0.25) is 0 Å². The summed E-state index contributed by atoms with van der Waals surface area (Å²) >= 11 is 0. The van der Waals surface area contributed by atoms with Gasteiger partial charge < -0.3 is 14.6 Å². The van der Waals surface area contributed by atoms with Gasteiger partial charge in [0.05, 0.1) is 5.56 Å². The van der Waals surface area contributed by atoms with Crippen molar-refractivity contribution in [1.82, 2.24) is 9.88 Å². The van der Waals surface area contributed by atoms with Crippen molar-refractivity contribution in [2.75, 3.05) is 19.6 Å². The van der Waals surface area contributed by atoms with Crippen LogP contribution < -0.4 is 0 Å². The number of fused-ring (bicyclic) bond motifs is 1. The van der Waals surface area contributed by atoms with E-state index in [1.807, 2.05) is 37.3 Å². The molecule has 148 valence electrons. The number of halogens is 1. The zero-order chi connectivity index (χ0) is 18.6. The van der Waals surface area contributed by atoms with Crippen LogP contribution in [0.15, 0.2) is 48.5 Å². The number of esters is 1. The number of aromatic nitrogens is 1. The highest BCUT2D eigenvalue weighted by Crippen LogP contribution is 2.25. The molecular weight excluding hydrogens is 372 g/mol. The Morgan fingerprint density at radius 2 is 1.82 bits per heavy atom. The summed E-state index contributed by atoms with van der Waals surface area (Å²) in [6, 6.07) is 16.2. The second-order valence-corrected chi connectivity index (χ2v) is 7.37. The molecule has 1 fully saturated rings. The quantitative estimate of drug-likeness (QED) is 0.601. The number of carbonyl (C=O) groups excluding carboxylic acids is 1. The average molecular weight is 399 g/mol. The second kappa shape index (κ2) is 9.26. The highest BCUT2D eigenvalue weighted by atomic mass is 35.5. The summed E-state index contributed by atoms with van der Waals surface area (Å²) in [5, 5.41) is 0.962. The fourth-order valence-electron chi connectivity index (χ4n) is 3.88. The summed E-state index contributed by atoms with van der Waals surface area (Å²) in [5.74, 6) is -0.265. The van der Waals surface area contributed by atoms with Crippen LogP contribution in [0.5, 0.6) is 0 Å². The van der Waals surface area contributed by atoms with Gasteiger partial charge in [0.2, 0.25) is 0 Å². The van der Waals surface area contributed by atoms with Crippen LogP contribution in [0.3, 0.4) is 0 Å². The number of nitrogens with zero attached hydrogens (tertiary/aromatic N) is 1. The number of hydrogen-bond acceptors (Lipinski definition) is 3. The standard InChI is InChI=1S/C23H26N2O2.ClH/c1-17-22(23(26)27-16-19-7-3-2-4-8-19)20-15-18(9-10-21(20)24-17)11-14-25-12-5-6-13-25;/h2-4,7-10,15,24H,5-6,11-14,16H2,1H3;1H. The summed E-state index contributed by atoms with van der Waals surface area (Å²) in [6.45, 7) is 5.73. The fraction of sp³-hybridized carbons (Fsp3) is 0.348. The molecule has 0 amide bonds. The number of ether oxygens (including phenoxy) is 1. The third kappa shape index (κ3) is 4.57. The number of likely N-dealkylation sites (tertiary alicyclic amines) is 1. The maximum absolute atomic E-state index is 12.7. The van der Waals surface area contributed by atoms with Crippen molar-refractivity contribution in [3.05, 3.63) is 70.9 Å². The van der Waals surface area contributed by atoms with Gasteiger partial charge in [-0.1, -0.05) is 36.4 Å². The molecule has 0 radical (unpaired) electrons. The minimum Gasteiger partial charge on any atom is -0.457 e. The lowest BCUT2D eigenvalue weighted by atomic mass is 10.1. The van der Waals surface area contributed by atoms with E-state index in [-0.39, 0.29) is 18.4 Å². The minimum atomic E-state index is -0.265. The number of H-pyrrole nitrogens is 1. The molecule has 0 atom stereocenters. The fourth-order valence-corrected chi connectivity index (χ4v) is 3.88. The maximum Gasteiger partial charge on any atom is 0.340 e. The van der Waals surface area contributed by atoms with Crippen LogP contribution in [0.25, 0.3) is 10.9 Å². The van der Waals surface area contributed by atoms with Crippen LogP contribution in [-0.2, 0) is 17.8 Å². The Bertz CT molecular complexity index is 930. The van der Waals surface area contributed by atoms with Gasteiger partial charge in [-0.05, 0) is 62.5 Å². The molecule has 1 N–H and O–H groups in total. The molecule has 28 heavy (non-hydrogen) atoms. The highest BCUT2D eigenvalue weighted by molar-refractivity contribution is 6.05. The topological polar surface area (TPSA) is 45.3 Å². The molecule has 1 aliphatic heterocycles. The zero-order valence-electron chi connectivity index (χ0n) is 16.2. The van der Waals surface area contributed by atoms with Gasteiger partial charge in [-0.2, -0.15) is 0 Å². The molecule has 3 aromatic rings. The lowest BCUT2D eigenvalue weighted by Crippen LogP contribution is -2.21. The molecule has 0 bridgehead atoms. The molecule has 2 aromatic carbocycles. The van der Waals surface area contributed by atoms with Gasteiger partial charge in [0.15, 0.2) is 0 Å². The van der Waals surface area contributed by atoms with Crippen molar-refractivity contribution in [3.63, 3.8) is 0 Å². The van der Waals surface area contributed by atoms with Crippen LogP contribution in [0, 0.1) is 6.92 Å². The lowest BCUT2D eigenvalue weighted by Gasteiger charge is -2.14. The average Bonchev–Trinajstić information content (AvgIpc) is 3.32. The molecular formula is C23H27ClN2O2. The largest absolute Gasteiger partial charge is 0.457 e. The first-order valence-electron chi connectivity index (χ1n) is 9.75. The first-order chi connectivity index (χ1) is 13.2. The molecule has 5 heteroatoms. The number of carbonyl (C=O) groups is 1. The second-order valence-electron chi connectivity index (χ2n) is 7.37. The summed E-state index contributed by atoms with van der Waals surface area (Å²) in [7, 11) is 0. The minimum absolute atomic E-state index is 0. The van der Waals surface area contributed by atoms with Crippen LogP contribution in [0.1, 0.15) is 40.0 Å². The highest BCUT2D eigenvalue weighted by Gasteiger charge is 2.18. The molecule has 0 aliphatic carbocycles. The Hall–Kier alpha value is -2.30. The van der Waals surface area contributed by atoms with E-state index in [0.29, 0.717) is 12.2 Å². The van der Waals surface area contributed by atoms with E-state index in [2.05, 4.69) is 28.1 Å². The Morgan fingerprint density at radius 1 is 1.07 bits per heavy atom. The Labute approximate surface area is 172 Å². The summed E-state index contributed by atoms with van der Waals surface area (Å²) in [5.41, 5.74) is 4.77. The molecule has 0 unspecified atom stereocenters. The van der Waals surface area contributed by atoms with Crippen molar-refractivity contribution in [3.8, 4) is 0 Å². The number of aromatic amines is 1. The van der Waals surface area contributed by atoms with E-state index in [9.17, 15) is 4.79 Å². The van der Waals surface area contributed by atoms with Crippen LogP contribution in [-0.4, -0.2) is 35.5 Å². The SMILES string of the molecule is Cc1[nH]c2ccc(CCN3CCCC3)cc2c1C(=O)OCc1ccccc1.Cl. The third-order valence-electron chi connectivity index (χ3n) is 5.38. The van der Waals surface area contributed by atoms with Crippen molar-refractivity contribution in [2.24, 2.45) is 0 Å². The van der Waals surface area contributed by atoms with E-state index < -0.39 is 0 Å². The Kier molecular flexibility index (Phi) is 6.76. The van der Waals surface area contributed by atoms with Gasteiger partial charge in [0.25, 0.3) is 0 Å². The van der Waals surface area contributed by atoms with Gasteiger partial charge in [-0.25, -0.2) is 4.79 Å². The van der Waals surface area contributed by atoms with Gasteiger partial charge in [0.1, 0.15) is 6.61 Å². The molecule has 2 heterocycles. The van der Waals surface area contributed by atoms with Gasteiger partial charge >= 0.3 is 5.97 Å². The van der Waals surface area contributed by atoms with E-state index in [1.165, 1.54) is 31.5 Å². The number of benzene rings is 2. The Morgan fingerprint density at radius 3 is 2.57 bits per heavy atom. The van der Waals surface area contributed by atoms with E-state index in [4.69, 9.17) is 4.74 Å². The maximum atomic E-state index is 12.7. The predicted octanol–water partition coefficient (Wildman–Crippen LogP) is 4.89. The lowest BCUT2D eigenvalue weighted by molar-refractivity contribution is 0.0474. The first kappa shape index (κ1) is 20.4. The molecule has 0 spiro atoms. The molecule has 1 saturated heterocycles. The Balaban J connectivity index is 0.00000225. The number of aryl methyl sites for hydroxylation is 1. The number of hydrogen-bond donors (Lipinski definition) is 1. The number of rotatable bonds is 6. The van der Waals surface area contributed by atoms with Crippen molar-refractivity contribution < 1.29 is 9.53 Å². The monoisotopic (exact) mass is 398 g/mol. The molecule has 1 aromatic heterocycles.